The van der Waals surface area contributed by atoms with Crippen molar-refractivity contribution in [2.24, 2.45) is 4.99 Å². The number of hydrogen-bond acceptors (Lipinski definition) is 3. The zero-order valence-corrected chi connectivity index (χ0v) is 8.44. The van der Waals surface area contributed by atoms with Gasteiger partial charge in [-0.05, 0) is 24.3 Å². The maximum atomic E-state index is 4.44. The molecule has 13 heavy (non-hydrogen) atoms. The molecule has 0 unspecified atom stereocenters. The molecule has 0 spiro atoms. The van der Waals surface area contributed by atoms with Crippen molar-refractivity contribution in [2.75, 3.05) is 13.1 Å². The Morgan fingerprint density at radius 2 is 2.46 bits per heavy atom. The van der Waals surface area contributed by atoms with Gasteiger partial charge in [0.25, 0.3) is 0 Å². The first kappa shape index (κ1) is 8.75. The lowest BCUT2D eigenvalue weighted by Crippen LogP contribution is -2.29. The Morgan fingerprint density at radius 1 is 1.46 bits per heavy atom. The first-order valence-corrected chi connectivity index (χ1v) is 5.63. The summed E-state index contributed by atoms with van der Waals surface area (Å²) >= 11 is 1.83. The maximum absolute atomic E-state index is 4.44. The molecule has 0 bridgehead atoms. The fourth-order valence-electron chi connectivity index (χ4n) is 1.45. The van der Waals surface area contributed by atoms with Crippen LogP contribution in [-0.4, -0.2) is 18.9 Å². The summed E-state index contributed by atoms with van der Waals surface area (Å²) in [6.07, 6.45) is 3.38. The van der Waals surface area contributed by atoms with Gasteiger partial charge < -0.3 is 5.32 Å². The van der Waals surface area contributed by atoms with Gasteiger partial charge in [0, 0.05) is 24.4 Å². The van der Waals surface area contributed by atoms with Crippen molar-refractivity contribution in [2.45, 2.75) is 19.3 Å². The highest BCUT2D eigenvalue weighted by atomic mass is 32.1. The van der Waals surface area contributed by atoms with Crippen LogP contribution >= 0.6 is 11.3 Å². The van der Waals surface area contributed by atoms with Gasteiger partial charge in [-0.25, -0.2) is 0 Å². The lowest BCUT2D eigenvalue weighted by molar-refractivity contribution is 0.723. The molecule has 0 aromatic carbocycles. The van der Waals surface area contributed by atoms with Crippen molar-refractivity contribution in [3.63, 3.8) is 0 Å². The summed E-state index contributed by atoms with van der Waals surface area (Å²) in [5.41, 5.74) is 0. The standard InChI is InChI=1S/C10H14N2S/c1-3-9(13-8-1)4-5-10-11-6-2-7-12-10/h1,3,8H,2,4-7H2,(H,11,12). The third kappa shape index (κ3) is 2.56. The van der Waals surface area contributed by atoms with Gasteiger partial charge in [0.2, 0.25) is 0 Å². The molecule has 2 nitrogen and oxygen atoms in total. The van der Waals surface area contributed by atoms with Crippen LogP contribution in [0.2, 0.25) is 0 Å². The van der Waals surface area contributed by atoms with E-state index in [0.29, 0.717) is 0 Å². The van der Waals surface area contributed by atoms with Crippen LogP contribution in [0.5, 0.6) is 0 Å². The van der Waals surface area contributed by atoms with Gasteiger partial charge in [-0.15, -0.1) is 11.3 Å². The van der Waals surface area contributed by atoms with E-state index in [0.717, 1.165) is 25.9 Å². The second-order valence-corrected chi connectivity index (χ2v) is 4.22. The van der Waals surface area contributed by atoms with Crippen LogP contribution in [0.25, 0.3) is 0 Å². The van der Waals surface area contributed by atoms with Gasteiger partial charge in [0.15, 0.2) is 0 Å². The Bertz CT molecular complexity index is 277. The summed E-state index contributed by atoms with van der Waals surface area (Å²) in [6.45, 7) is 2.11. The van der Waals surface area contributed by atoms with E-state index in [1.54, 1.807) is 0 Å². The molecular weight excluding hydrogens is 180 g/mol. The van der Waals surface area contributed by atoms with Gasteiger partial charge in [-0.2, -0.15) is 0 Å². The van der Waals surface area contributed by atoms with E-state index in [1.165, 1.54) is 17.1 Å². The number of thiophene rings is 1. The van der Waals surface area contributed by atoms with Gasteiger partial charge in [0.05, 0.1) is 5.84 Å². The summed E-state index contributed by atoms with van der Waals surface area (Å²) < 4.78 is 0. The smallest absolute Gasteiger partial charge is 0.0966 e. The Morgan fingerprint density at radius 3 is 3.15 bits per heavy atom. The van der Waals surface area contributed by atoms with Crippen LogP contribution in [0.4, 0.5) is 0 Å². The first-order chi connectivity index (χ1) is 6.45. The van der Waals surface area contributed by atoms with E-state index in [-0.39, 0.29) is 0 Å². The molecule has 3 heteroatoms. The second-order valence-electron chi connectivity index (χ2n) is 3.19. The predicted octanol–water partition coefficient (Wildman–Crippen LogP) is 2.07. The van der Waals surface area contributed by atoms with E-state index in [1.807, 2.05) is 11.3 Å². The number of nitrogens with zero attached hydrogens (tertiary/aromatic N) is 1. The van der Waals surface area contributed by atoms with Crippen molar-refractivity contribution in [3.8, 4) is 0 Å². The van der Waals surface area contributed by atoms with Crippen LogP contribution in [0.1, 0.15) is 17.7 Å². The van der Waals surface area contributed by atoms with Crippen LogP contribution < -0.4 is 5.32 Å². The molecule has 2 heterocycles. The fourth-order valence-corrected chi connectivity index (χ4v) is 2.15. The molecule has 0 aliphatic carbocycles. The van der Waals surface area contributed by atoms with E-state index in [4.69, 9.17) is 0 Å². The Labute approximate surface area is 82.7 Å². The van der Waals surface area contributed by atoms with Crippen molar-refractivity contribution in [1.82, 2.24) is 5.32 Å². The lowest BCUT2D eigenvalue weighted by atomic mass is 10.2. The van der Waals surface area contributed by atoms with Gasteiger partial charge in [0.1, 0.15) is 0 Å². The molecule has 0 fully saturated rings. The zero-order chi connectivity index (χ0) is 8.93. The summed E-state index contributed by atoms with van der Waals surface area (Å²) in [4.78, 5) is 5.89. The van der Waals surface area contributed by atoms with Crippen LogP contribution in [-0.2, 0) is 6.42 Å². The number of aryl methyl sites for hydroxylation is 1. The average Bonchev–Trinajstić information content (AvgIpc) is 2.69. The normalized spacial score (nSPS) is 16.5. The third-order valence-electron chi connectivity index (χ3n) is 2.15. The van der Waals surface area contributed by atoms with Crippen LogP contribution in [0.15, 0.2) is 22.5 Å². The molecule has 70 valence electrons. The molecule has 0 saturated heterocycles. The minimum Gasteiger partial charge on any atom is -0.374 e. The quantitative estimate of drug-likeness (QED) is 0.782. The SMILES string of the molecule is c1csc(CCC2=NCCCN2)c1. The molecule has 1 aromatic heterocycles. The molecular formula is C10H14N2S. The summed E-state index contributed by atoms with van der Waals surface area (Å²) in [5.74, 6) is 1.19. The first-order valence-electron chi connectivity index (χ1n) is 4.75. The number of amidine groups is 1. The highest BCUT2D eigenvalue weighted by Gasteiger charge is 2.03. The highest BCUT2D eigenvalue weighted by molar-refractivity contribution is 7.09. The molecule has 0 amide bonds. The zero-order valence-electron chi connectivity index (χ0n) is 7.62. The molecule has 0 saturated carbocycles. The van der Waals surface area contributed by atoms with Crippen molar-refractivity contribution in [3.05, 3.63) is 22.4 Å². The topological polar surface area (TPSA) is 24.4 Å². The second kappa shape index (κ2) is 4.42. The van der Waals surface area contributed by atoms with Gasteiger partial charge in [-0.1, -0.05) is 6.07 Å². The molecule has 0 radical (unpaired) electrons. The number of nitrogens with one attached hydrogen (secondary N) is 1. The van der Waals surface area contributed by atoms with Crippen molar-refractivity contribution < 1.29 is 0 Å². The van der Waals surface area contributed by atoms with Crippen LogP contribution in [0.3, 0.4) is 0 Å². The lowest BCUT2D eigenvalue weighted by Gasteiger charge is -2.13. The fraction of sp³-hybridized carbons (Fsp3) is 0.500. The van der Waals surface area contributed by atoms with E-state index >= 15 is 0 Å². The van der Waals surface area contributed by atoms with Gasteiger partial charge >= 0.3 is 0 Å². The molecule has 2 rings (SSSR count). The van der Waals surface area contributed by atoms with Crippen LogP contribution in [0, 0.1) is 0 Å². The van der Waals surface area contributed by atoms with E-state index < -0.39 is 0 Å². The minimum atomic E-state index is 1.01. The van der Waals surface area contributed by atoms with Crippen molar-refractivity contribution >= 4 is 17.2 Å². The monoisotopic (exact) mass is 194 g/mol. The summed E-state index contributed by atoms with van der Waals surface area (Å²) in [5, 5.41) is 5.47. The molecule has 1 aliphatic heterocycles. The number of aliphatic imine (C=N–C) groups is 1. The highest BCUT2D eigenvalue weighted by Crippen LogP contribution is 2.11. The predicted molar refractivity (Wildman–Crippen MR) is 57.6 cm³/mol. The van der Waals surface area contributed by atoms with Gasteiger partial charge in [-0.3, -0.25) is 4.99 Å². The summed E-state index contributed by atoms with van der Waals surface area (Å²) in [7, 11) is 0. The molecule has 0 atom stereocenters. The Hall–Kier alpha value is -0.830. The summed E-state index contributed by atoms with van der Waals surface area (Å²) in [6, 6.07) is 4.30. The largest absolute Gasteiger partial charge is 0.374 e. The molecule has 1 aromatic rings. The average molecular weight is 194 g/mol. The molecule has 1 aliphatic rings. The third-order valence-corrected chi connectivity index (χ3v) is 3.09. The van der Waals surface area contributed by atoms with E-state index in [9.17, 15) is 0 Å². The maximum Gasteiger partial charge on any atom is 0.0966 e. The Balaban J connectivity index is 1.82. The Kier molecular flexibility index (Phi) is 2.98. The van der Waals surface area contributed by atoms with E-state index in [2.05, 4.69) is 27.8 Å². The number of hydrogen-bond donors (Lipinski definition) is 1. The van der Waals surface area contributed by atoms with Crippen molar-refractivity contribution in [1.29, 1.82) is 0 Å². The molecule has 1 N–H and O–H groups in total. The number of rotatable bonds is 3. The minimum absolute atomic E-state index is 1.01.